The van der Waals surface area contributed by atoms with Crippen molar-refractivity contribution >= 4 is 5.97 Å². The Labute approximate surface area is 100 Å². The number of carbonyl (C=O) groups is 1. The molecule has 0 saturated carbocycles. The van der Waals surface area contributed by atoms with Gasteiger partial charge in [-0.25, -0.2) is 4.39 Å². The summed E-state index contributed by atoms with van der Waals surface area (Å²) in [5.41, 5.74) is 0.184. The highest BCUT2D eigenvalue weighted by atomic mass is 19.4. The maximum absolute atomic E-state index is 13.1. The molecule has 0 fully saturated rings. The molecule has 1 rings (SSSR count). The second-order valence-corrected chi connectivity index (χ2v) is 3.65. The summed E-state index contributed by atoms with van der Waals surface area (Å²) in [4.78, 5) is 10.4. The predicted octanol–water partition coefficient (Wildman–Crippen LogP) is 2.18. The van der Waals surface area contributed by atoms with Crippen LogP contribution in [0.2, 0.25) is 0 Å². The van der Waals surface area contributed by atoms with Crippen LogP contribution in [0.15, 0.2) is 24.3 Å². The van der Waals surface area contributed by atoms with Gasteiger partial charge in [-0.1, -0.05) is 18.2 Å². The van der Waals surface area contributed by atoms with Crippen molar-refractivity contribution in [3.63, 3.8) is 0 Å². The third-order valence-corrected chi connectivity index (χ3v) is 2.31. The van der Waals surface area contributed by atoms with E-state index in [1.54, 1.807) is 6.07 Å². The molecule has 100 valence electrons. The second kappa shape index (κ2) is 5.81. The number of hydrogen-bond donors (Lipinski definition) is 2. The molecule has 0 saturated heterocycles. The minimum absolute atomic E-state index is 0.160. The number of nitrogens with one attached hydrogen (secondary N) is 1. The molecule has 0 bridgehead atoms. The van der Waals surface area contributed by atoms with Gasteiger partial charge in [0.15, 0.2) is 5.92 Å². The van der Waals surface area contributed by atoms with Gasteiger partial charge in [0.25, 0.3) is 0 Å². The van der Waals surface area contributed by atoms with Crippen LogP contribution in [-0.4, -0.2) is 23.8 Å². The molecule has 18 heavy (non-hydrogen) atoms. The van der Waals surface area contributed by atoms with Crippen molar-refractivity contribution in [2.45, 2.75) is 12.7 Å². The van der Waals surface area contributed by atoms with Gasteiger partial charge in [0.05, 0.1) is 0 Å². The summed E-state index contributed by atoms with van der Waals surface area (Å²) >= 11 is 0. The Morgan fingerprint density at radius 1 is 1.33 bits per heavy atom. The highest BCUT2D eigenvalue weighted by molar-refractivity contribution is 5.71. The first-order chi connectivity index (χ1) is 8.32. The van der Waals surface area contributed by atoms with E-state index in [0.717, 1.165) is 0 Å². The second-order valence-electron chi connectivity index (χ2n) is 3.65. The summed E-state index contributed by atoms with van der Waals surface area (Å²) < 4.78 is 50.0. The van der Waals surface area contributed by atoms with E-state index >= 15 is 0 Å². The van der Waals surface area contributed by atoms with Gasteiger partial charge in [0.1, 0.15) is 5.82 Å². The molecule has 1 atom stereocenters. The third-order valence-electron chi connectivity index (χ3n) is 2.31. The van der Waals surface area contributed by atoms with E-state index in [2.05, 4.69) is 5.32 Å². The molecule has 7 heteroatoms. The quantitative estimate of drug-likeness (QED) is 0.802. The Kier molecular flexibility index (Phi) is 4.66. The van der Waals surface area contributed by atoms with Crippen molar-refractivity contribution < 1.29 is 27.5 Å². The topological polar surface area (TPSA) is 49.3 Å². The summed E-state index contributed by atoms with van der Waals surface area (Å²) in [6.45, 7) is -0.959. The van der Waals surface area contributed by atoms with Gasteiger partial charge in [0, 0.05) is 18.7 Å². The molecule has 0 amide bonds. The molecule has 0 spiro atoms. The average Bonchev–Trinajstić information content (AvgIpc) is 2.24. The van der Waals surface area contributed by atoms with Gasteiger partial charge in [-0.2, -0.15) is 13.2 Å². The number of carboxylic acid groups (broad SMARTS) is 1. The maximum Gasteiger partial charge on any atom is 0.403 e. The molecular weight excluding hydrogens is 254 g/mol. The Morgan fingerprint density at radius 3 is 2.44 bits per heavy atom. The molecule has 0 aliphatic rings. The van der Waals surface area contributed by atoms with E-state index in [-0.39, 0.29) is 12.1 Å². The lowest BCUT2D eigenvalue weighted by molar-refractivity contribution is -0.192. The van der Waals surface area contributed by atoms with E-state index in [1.165, 1.54) is 18.2 Å². The van der Waals surface area contributed by atoms with E-state index < -0.39 is 30.4 Å². The largest absolute Gasteiger partial charge is 0.481 e. The molecule has 1 aromatic rings. The van der Waals surface area contributed by atoms with E-state index in [4.69, 9.17) is 5.11 Å². The molecule has 1 aromatic carbocycles. The normalized spacial score (nSPS) is 13.3. The van der Waals surface area contributed by atoms with Gasteiger partial charge in [-0.15, -0.1) is 0 Å². The molecule has 2 N–H and O–H groups in total. The Hall–Kier alpha value is -1.63. The van der Waals surface area contributed by atoms with Crippen LogP contribution in [0.1, 0.15) is 5.56 Å². The minimum atomic E-state index is -4.83. The molecule has 0 aliphatic heterocycles. The molecule has 0 aliphatic carbocycles. The Balaban J connectivity index is 2.55. The van der Waals surface area contributed by atoms with Crippen molar-refractivity contribution in [1.82, 2.24) is 5.32 Å². The number of benzene rings is 1. The number of carboxylic acids is 1. The van der Waals surface area contributed by atoms with Crippen LogP contribution >= 0.6 is 0 Å². The van der Waals surface area contributed by atoms with Crippen molar-refractivity contribution in [2.75, 3.05) is 6.54 Å². The van der Waals surface area contributed by atoms with Crippen LogP contribution in [0, 0.1) is 11.7 Å². The van der Waals surface area contributed by atoms with Crippen LogP contribution in [0.5, 0.6) is 0 Å². The van der Waals surface area contributed by atoms with Gasteiger partial charge in [-0.3, -0.25) is 4.79 Å². The lowest BCUT2D eigenvalue weighted by Crippen LogP contribution is -2.38. The number of alkyl halides is 3. The molecule has 3 nitrogen and oxygen atoms in total. The van der Waals surface area contributed by atoms with Gasteiger partial charge in [-0.05, 0) is 6.07 Å². The summed E-state index contributed by atoms with van der Waals surface area (Å²) in [7, 11) is 0. The lowest BCUT2D eigenvalue weighted by Gasteiger charge is -2.16. The molecule has 1 unspecified atom stereocenters. The van der Waals surface area contributed by atoms with Gasteiger partial charge >= 0.3 is 12.1 Å². The number of aliphatic carboxylic acids is 1. The zero-order valence-corrected chi connectivity index (χ0v) is 9.17. The van der Waals surface area contributed by atoms with Crippen molar-refractivity contribution in [3.05, 3.63) is 35.6 Å². The SMILES string of the molecule is O=C(O)C(CNCc1ccccc1F)C(F)(F)F. The summed E-state index contributed by atoms with van der Waals surface area (Å²) in [5, 5.41) is 10.7. The molecule has 0 heterocycles. The fourth-order valence-electron chi connectivity index (χ4n) is 1.34. The van der Waals surface area contributed by atoms with Crippen molar-refractivity contribution in [2.24, 2.45) is 5.92 Å². The molecule has 0 aromatic heterocycles. The first-order valence-electron chi connectivity index (χ1n) is 5.06. The first-order valence-corrected chi connectivity index (χ1v) is 5.06. The number of rotatable bonds is 5. The Bertz CT molecular complexity index is 420. The maximum atomic E-state index is 13.1. The predicted molar refractivity (Wildman–Crippen MR) is 55.3 cm³/mol. The van der Waals surface area contributed by atoms with E-state index in [0.29, 0.717) is 0 Å². The van der Waals surface area contributed by atoms with Crippen molar-refractivity contribution in [1.29, 1.82) is 0 Å². The van der Waals surface area contributed by atoms with Crippen LogP contribution in [0.4, 0.5) is 17.6 Å². The highest BCUT2D eigenvalue weighted by Gasteiger charge is 2.44. The zero-order chi connectivity index (χ0) is 13.8. The monoisotopic (exact) mass is 265 g/mol. The standard InChI is InChI=1S/C11H11F4NO2/c12-9-4-2-1-3-7(9)5-16-6-8(10(17)18)11(13,14)15/h1-4,8,16H,5-6H2,(H,17,18). The van der Waals surface area contributed by atoms with E-state index in [1.807, 2.05) is 0 Å². The average molecular weight is 265 g/mol. The third kappa shape index (κ3) is 3.99. The Morgan fingerprint density at radius 2 is 1.94 bits per heavy atom. The zero-order valence-electron chi connectivity index (χ0n) is 9.17. The number of hydrogen-bond acceptors (Lipinski definition) is 2. The van der Waals surface area contributed by atoms with Crippen molar-refractivity contribution in [3.8, 4) is 0 Å². The number of halogens is 4. The molecule has 0 radical (unpaired) electrons. The van der Waals surface area contributed by atoms with Crippen LogP contribution in [-0.2, 0) is 11.3 Å². The fourth-order valence-corrected chi connectivity index (χ4v) is 1.34. The smallest absolute Gasteiger partial charge is 0.403 e. The summed E-state index contributed by atoms with van der Waals surface area (Å²) in [6, 6.07) is 5.58. The fraction of sp³-hybridized carbons (Fsp3) is 0.364. The van der Waals surface area contributed by atoms with Gasteiger partial charge < -0.3 is 10.4 Å². The van der Waals surface area contributed by atoms with E-state index in [9.17, 15) is 22.4 Å². The minimum Gasteiger partial charge on any atom is -0.481 e. The molecular formula is C11H11F4NO2. The first kappa shape index (κ1) is 14.4. The lowest BCUT2D eigenvalue weighted by atomic mass is 10.1. The summed E-state index contributed by atoms with van der Waals surface area (Å²) in [6.07, 6.45) is -4.83. The van der Waals surface area contributed by atoms with Crippen LogP contribution < -0.4 is 5.32 Å². The van der Waals surface area contributed by atoms with Crippen LogP contribution in [0.25, 0.3) is 0 Å². The van der Waals surface area contributed by atoms with Crippen LogP contribution in [0.3, 0.4) is 0 Å². The summed E-state index contributed by atoms with van der Waals surface area (Å²) in [5.74, 6) is -5.00. The van der Waals surface area contributed by atoms with Gasteiger partial charge in [0.2, 0.25) is 0 Å². The highest BCUT2D eigenvalue weighted by Crippen LogP contribution is 2.25.